The van der Waals surface area contributed by atoms with E-state index in [1.165, 1.54) is 6.08 Å². The van der Waals surface area contributed by atoms with Gasteiger partial charge in [-0.25, -0.2) is 0 Å². The molecule has 162 valence electrons. The monoisotopic (exact) mass is 476 g/mol. The number of phenols is 2. The number of hydrogen-bond donors (Lipinski definition) is 2. The van der Waals surface area contributed by atoms with Crippen molar-refractivity contribution in [3.8, 4) is 11.5 Å². The highest BCUT2D eigenvalue weighted by Gasteiger charge is 2.39. The van der Waals surface area contributed by atoms with E-state index in [0.717, 1.165) is 24.6 Å². The van der Waals surface area contributed by atoms with Crippen molar-refractivity contribution in [3.05, 3.63) is 46.6 Å². The second-order valence-corrected chi connectivity index (χ2v) is 9.45. The van der Waals surface area contributed by atoms with E-state index in [4.69, 9.17) is 4.74 Å². The average molecular weight is 477 g/mol. The van der Waals surface area contributed by atoms with Gasteiger partial charge in [0, 0.05) is 45.7 Å². The van der Waals surface area contributed by atoms with E-state index in [1.807, 2.05) is 32.9 Å². The zero-order valence-electron chi connectivity index (χ0n) is 17.7. The van der Waals surface area contributed by atoms with Crippen LogP contribution in [0.2, 0.25) is 0 Å². The number of alkyl halides is 1. The summed E-state index contributed by atoms with van der Waals surface area (Å²) in [5, 5.41) is 23.2. The number of ketones is 1. The van der Waals surface area contributed by atoms with Gasteiger partial charge in [-0.3, -0.25) is 9.59 Å². The van der Waals surface area contributed by atoms with Crippen molar-refractivity contribution in [2.75, 3.05) is 11.9 Å². The van der Waals surface area contributed by atoms with Gasteiger partial charge in [0.1, 0.15) is 18.1 Å². The number of rotatable bonds is 7. The highest BCUT2D eigenvalue weighted by atomic mass is 79.9. The fourth-order valence-corrected chi connectivity index (χ4v) is 4.74. The molecule has 0 fully saturated rings. The Kier molecular flexibility index (Phi) is 6.75. The van der Waals surface area contributed by atoms with Gasteiger partial charge in [0.05, 0.1) is 5.56 Å². The fourth-order valence-electron chi connectivity index (χ4n) is 4.34. The Balaban J connectivity index is 1.92. The van der Waals surface area contributed by atoms with Crippen LogP contribution in [0.5, 0.6) is 11.5 Å². The molecule has 0 amide bonds. The molecule has 1 aromatic carbocycles. The van der Waals surface area contributed by atoms with Crippen molar-refractivity contribution in [1.29, 1.82) is 0 Å². The second kappa shape index (κ2) is 8.96. The molecule has 3 rings (SSSR count). The quantitative estimate of drug-likeness (QED) is 0.181. The van der Waals surface area contributed by atoms with Crippen LogP contribution in [0.15, 0.2) is 24.3 Å². The van der Waals surface area contributed by atoms with Crippen molar-refractivity contribution < 1.29 is 24.5 Å². The maximum absolute atomic E-state index is 12.5. The minimum Gasteiger partial charge on any atom is -0.507 e. The number of allylic oxidation sites excluding steroid dienone is 3. The van der Waals surface area contributed by atoms with Crippen LogP contribution in [0.3, 0.4) is 0 Å². The first kappa shape index (κ1) is 22.6. The third-order valence-electron chi connectivity index (χ3n) is 5.96. The summed E-state index contributed by atoms with van der Waals surface area (Å²) in [5.41, 5.74) is 1.07. The number of benzene rings is 1. The standard InChI is InChI=1S/C24H29BrO5/c1-14-8-9-15(13-30-17(27)7-5-4-6-12-25)19-18(14)22(28)20-16(26)10-11-24(2,3)21(20)23(19)29/h8-11,14-15,28-29H,4-7,12-13H2,1-3H3. The average Bonchev–Trinajstić information content (AvgIpc) is 2.70. The molecule has 2 unspecified atom stereocenters. The van der Waals surface area contributed by atoms with Gasteiger partial charge in [0.25, 0.3) is 0 Å². The molecule has 2 aliphatic rings. The SMILES string of the molecule is CC1C=CC(COC(=O)CCCCCBr)c2c(O)c3c(c(O)c21)C(=O)C=CC3(C)C. The number of ether oxygens (including phenoxy) is 1. The van der Waals surface area contributed by atoms with Crippen molar-refractivity contribution in [1.82, 2.24) is 0 Å². The highest BCUT2D eigenvalue weighted by molar-refractivity contribution is 9.09. The van der Waals surface area contributed by atoms with Gasteiger partial charge in [-0.05, 0) is 18.9 Å². The fraction of sp³-hybridized carbons (Fsp3) is 0.500. The molecule has 0 saturated carbocycles. The predicted molar refractivity (Wildman–Crippen MR) is 120 cm³/mol. The molecule has 0 radical (unpaired) electrons. The minimum atomic E-state index is -0.610. The maximum Gasteiger partial charge on any atom is 0.305 e. The summed E-state index contributed by atoms with van der Waals surface area (Å²) in [4.78, 5) is 24.7. The molecule has 0 spiro atoms. The normalized spacial score (nSPS) is 21.3. The molecule has 1 aromatic rings. The Morgan fingerprint density at radius 2 is 1.87 bits per heavy atom. The summed E-state index contributed by atoms with van der Waals surface area (Å²) in [5.74, 6) is -1.20. The molecule has 0 saturated heterocycles. The summed E-state index contributed by atoms with van der Waals surface area (Å²) in [6.45, 7) is 5.78. The van der Waals surface area contributed by atoms with Gasteiger partial charge >= 0.3 is 5.97 Å². The molecule has 0 heterocycles. The number of esters is 1. The van der Waals surface area contributed by atoms with E-state index < -0.39 is 5.41 Å². The lowest BCUT2D eigenvalue weighted by Gasteiger charge is -2.34. The van der Waals surface area contributed by atoms with Crippen molar-refractivity contribution >= 4 is 27.7 Å². The van der Waals surface area contributed by atoms with Crippen molar-refractivity contribution in [2.24, 2.45) is 0 Å². The number of carbonyl (C=O) groups is 2. The smallest absolute Gasteiger partial charge is 0.305 e. The zero-order chi connectivity index (χ0) is 22.1. The predicted octanol–water partition coefficient (Wildman–Crippen LogP) is 5.38. The van der Waals surface area contributed by atoms with Crippen LogP contribution in [0.25, 0.3) is 0 Å². The van der Waals surface area contributed by atoms with E-state index in [2.05, 4.69) is 15.9 Å². The van der Waals surface area contributed by atoms with Gasteiger partial charge in [-0.2, -0.15) is 0 Å². The second-order valence-electron chi connectivity index (χ2n) is 8.66. The number of halogens is 1. The van der Waals surface area contributed by atoms with Crippen LogP contribution in [0.1, 0.15) is 85.3 Å². The Bertz CT molecular complexity index is 913. The molecule has 2 aliphatic carbocycles. The molecule has 5 nitrogen and oxygen atoms in total. The third-order valence-corrected chi connectivity index (χ3v) is 6.52. The Hall–Kier alpha value is -2.08. The van der Waals surface area contributed by atoms with Crippen LogP contribution >= 0.6 is 15.9 Å². The van der Waals surface area contributed by atoms with Crippen LogP contribution in [0.4, 0.5) is 0 Å². The van der Waals surface area contributed by atoms with Crippen molar-refractivity contribution in [2.45, 2.75) is 63.7 Å². The lowest BCUT2D eigenvalue weighted by molar-refractivity contribution is -0.144. The van der Waals surface area contributed by atoms with E-state index in [-0.39, 0.29) is 47.3 Å². The van der Waals surface area contributed by atoms with Crippen LogP contribution in [-0.4, -0.2) is 33.9 Å². The molecule has 6 heteroatoms. The van der Waals surface area contributed by atoms with E-state index in [1.54, 1.807) is 6.08 Å². The highest BCUT2D eigenvalue weighted by Crippen LogP contribution is 2.52. The van der Waals surface area contributed by atoms with E-state index in [0.29, 0.717) is 23.1 Å². The van der Waals surface area contributed by atoms with Crippen LogP contribution in [0, 0.1) is 0 Å². The first-order valence-corrected chi connectivity index (χ1v) is 11.6. The number of hydrogen-bond acceptors (Lipinski definition) is 5. The summed E-state index contributed by atoms with van der Waals surface area (Å²) in [7, 11) is 0. The molecule has 0 bridgehead atoms. The van der Waals surface area contributed by atoms with Gasteiger partial charge in [-0.1, -0.05) is 61.4 Å². The maximum atomic E-state index is 12.5. The zero-order valence-corrected chi connectivity index (χ0v) is 19.3. The van der Waals surface area contributed by atoms with E-state index >= 15 is 0 Å². The summed E-state index contributed by atoms with van der Waals surface area (Å²) in [6, 6.07) is 0. The molecular formula is C24H29BrO5. The topological polar surface area (TPSA) is 83.8 Å². The molecule has 2 atom stereocenters. The largest absolute Gasteiger partial charge is 0.507 e. The Morgan fingerprint density at radius 3 is 2.57 bits per heavy atom. The van der Waals surface area contributed by atoms with Crippen LogP contribution in [-0.2, 0) is 14.9 Å². The number of unbranched alkanes of at least 4 members (excludes halogenated alkanes) is 2. The lowest BCUT2D eigenvalue weighted by Crippen LogP contribution is -2.26. The van der Waals surface area contributed by atoms with Gasteiger partial charge in [0.15, 0.2) is 5.78 Å². The number of carbonyl (C=O) groups excluding carboxylic acids is 2. The summed E-state index contributed by atoms with van der Waals surface area (Å²) in [6.07, 6.45) is 10.1. The van der Waals surface area contributed by atoms with Gasteiger partial charge in [0.2, 0.25) is 0 Å². The number of aromatic hydroxyl groups is 2. The third kappa shape index (κ3) is 4.20. The molecule has 0 aliphatic heterocycles. The molecule has 30 heavy (non-hydrogen) atoms. The molecule has 0 aromatic heterocycles. The minimum absolute atomic E-state index is 0.00932. The number of fused-ring (bicyclic) bond motifs is 2. The van der Waals surface area contributed by atoms with Gasteiger partial charge < -0.3 is 14.9 Å². The summed E-state index contributed by atoms with van der Waals surface area (Å²) < 4.78 is 5.49. The van der Waals surface area contributed by atoms with Crippen LogP contribution < -0.4 is 0 Å². The number of phenolic OH excluding ortho intramolecular Hbond substituents is 2. The first-order chi connectivity index (χ1) is 14.2. The lowest BCUT2D eigenvalue weighted by atomic mass is 9.70. The Labute approximate surface area is 186 Å². The molecule has 2 N–H and O–H groups in total. The Morgan fingerprint density at radius 1 is 1.13 bits per heavy atom. The molecular weight excluding hydrogens is 448 g/mol. The van der Waals surface area contributed by atoms with Crippen molar-refractivity contribution in [3.63, 3.8) is 0 Å². The van der Waals surface area contributed by atoms with Gasteiger partial charge in [-0.15, -0.1) is 0 Å². The summed E-state index contributed by atoms with van der Waals surface area (Å²) >= 11 is 3.38. The first-order valence-electron chi connectivity index (χ1n) is 10.4. The van der Waals surface area contributed by atoms with E-state index in [9.17, 15) is 19.8 Å².